The van der Waals surface area contributed by atoms with E-state index >= 15 is 0 Å². The summed E-state index contributed by atoms with van der Waals surface area (Å²) in [6, 6.07) is 0. The zero-order valence-corrected chi connectivity index (χ0v) is 11.9. The third kappa shape index (κ3) is 2.19. The number of amides is 2. The van der Waals surface area contributed by atoms with E-state index in [0.717, 1.165) is 18.7 Å². The van der Waals surface area contributed by atoms with Gasteiger partial charge in [-0.1, -0.05) is 0 Å². The molecule has 0 aromatic carbocycles. The number of rotatable bonds is 4. The highest BCUT2D eigenvalue weighted by molar-refractivity contribution is 5.98. The standard InChI is InChI=1S/C14H20N4O2/c1-14(10-3-4-10)13(20)18(9-12(19)16-14)7-5-11-15-6-8-17(11)2/h6,8,10H,3-5,7,9H2,1-2H3,(H,16,19). The molecule has 1 saturated carbocycles. The normalized spacial score (nSPS) is 26.8. The van der Waals surface area contributed by atoms with E-state index in [0.29, 0.717) is 18.9 Å². The van der Waals surface area contributed by atoms with E-state index < -0.39 is 5.54 Å². The Balaban J connectivity index is 1.70. The summed E-state index contributed by atoms with van der Waals surface area (Å²) in [5.41, 5.74) is -0.697. The molecule has 2 fully saturated rings. The molecule has 3 rings (SSSR count). The minimum Gasteiger partial charge on any atom is -0.340 e. The third-order valence-electron chi connectivity index (χ3n) is 4.39. The van der Waals surface area contributed by atoms with Crippen LogP contribution in [-0.4, -0.2) is 44.9 Å². The number of carbonyl (C=O) groups excluding carboxylic acids is 2. The second-order valence-electron chi connectivity index (χ2n) is 5.96. The Labute approximate surface area is 118 Å². The molecule has 0 spiro atoms. The molecule has 2 aliphatic rings. The topological polar surface area (TPSA) is 67.2 Å². The fraction of sp³-hybridized carbons (Fsp3) is 0.643. The number of carbonyl (C=O) groups is 2. The van der Waals surface area contributed by atoms with Gasteiger partial charge in [-0.25, -0.2) is 4.98 Å². The number of nitrogens with one attached hydrogen (secondary N) is 1. The lowest BCUT2D eigenvalue weighted by Gasteiger charge is -2.40. The van der Waals surface area contributed by atoms with Crippen molar-refractivity contribution in [1.82, 2.24) is 19.8 Å². The lowest BCUT2D eigenvalue weighted by Crippen LogP contribution is -2.66. The summed E-state index contributed by atoms with van der Waals surface area (Å²) in [5.74, 6) is 1.22. The molecule has 1 saturated heterocycles. The first-order valence-corrected chi connectivity index (χ1v) is 7.07. The van der Waals surface area contributed by atoms with Crippen molar-refractivity contribution in [2.75, 3.05) is 13.1 Å². The lowest BCUT2D eigenvalue weighted by molar-refractivity contribution is -0.150. The fourth-order valence-electron chi connectivity index (χ4n) is 2.95. The molecule has 1 aromatic heterocycles. The Morgan fingerprint density at radius 2 is 2.20 bits per heavy atom. The number of piperazine rings is 1. The number of hydrogen-bond acceptors (Lipinski definition) is 3. The van der Waals surface area contributed by atoms with Crippen molar-refractivity contribution in [2.24, 2.45) is 13.0 Å². The Morgan fingerprint density at radius 3 is 2.80 bits per heavy atom. The first kappa shape index (κ1) is 13.1. The lowest BCUT2D eigenvalue weighted by atomic mass is 9.91. The smallest absolute Gasteiger partial charge is 0.248 e. The maximum Gasteiger partial charge on any atom is 0.248 e. The maximum atomic E-state index is 12.6. The van der Waals surface area contributed by atoms with Gasteiger partial charge in [0.25, 0.3) is 0 Å². The van der Waals surface area contributed by atoms with E-state index in [1.165, 1.54) is 0 Å². The van der Waals surface area contributed by atoms with Crippen molar-refractivity contribution in [3.05, 3.63) is 18.2 Å². The van der Waals surface area contributed by atoms with Crippen molar-refractivity contribution in [1.29, 1.82) is 0 Å². The van der Waals surface area contributed by atoms with Crippen LogP contribution < -0.4 is 5.32 Å². The SMILES string of the molecule is Cn1ccnc1CCN1CC(=O)NC(C)(C2CC2)C1=O. The van der Waals surface area contributed by atoms with Gasteiger partial charge < -0.3 is 14.8 Å². The van der Waals surface area contributed by atoms with Gasteiger partial charge in [-0.05, 0) is 25.7 Å². The molecule has 6 nitrogen and oxygen atoms in total. The van der Waals surface area contributed by atoms with Crippen LogP contribution >= 0.6 is 0 Å². The van der Waals surface area contributed by atoms with E-state index in [9.17, 15) is 9.59 Å². The molecule has 0 bridgehead atoms. The average Bonchev–Trinajstić information content (AvgIpc) is 3.17. The molecule has 1 N–H and O–H groups in total. The van der Waals surface area contributed by atoms with Gasteiger partial charge in [0.05, 0.1) is 6.54 Å². The first-order valence-electron chi connectivity index (χ1n) is 7.07. The van der Waals surface area contributed by atoms with E-state index in [4.69, 9.17) is 0 Å². The summed E-state index contributed by atoms with van der Waals surface area (Å²) < 4.78 is 1.94. The van der Waals surface area contributed by atoms with Crippen LogP contribution in [0.15, 0.2) is 12.4 Å². The predicted octanol–water partition coefficient (Wildman–Crippen LogP) is 0.0897. The van der Waals surface area contributed by atoms with E-state index in [-0.39, 0.29) is 18.4 Å². The number of aromatic nitrogens is 2. The van der Waals surface area contributed by atoms with Crippen molar-refractivity contribution in [2.45, 2.75) is 31.7 Å². The van der Waals surface area contributed by atoms with Crippen LogP contribution in [0.2, 0.25) is 0 Å². The Kier molecular flexibility index (Phi) is 3.03. The first-order chi connectivity index (χ1) is 9.50. The van der Waals surface area contributed by atoms with Gasteiger partial charge >= 0.3 is 0 Å². The molecule has 0 radical (unpaired) electrons. The molecular weight excluding hydrogens is 256 g/mol. The fourth-order valence-corrected chi connectivity index (χ4v) is 2.95. The quantitative estimate of drug-likeness (QED) is 0.847. The van der Waals surface area contributed by atoms with Gasteiger partial charge in [0.1, 0.15) is 11.4 Å². The molecule has 1 aromatic rings. The van der Waals surface area contributed by atoms with E-state index in [1.807, 2.05) is 24.7 Å². The van der Waals surface area contributed by atoms with Gasteiger partial charge in [-0.3, -0.25) is 9.59 Å². The third-order valence-corrected chi connectivity index (χ3v) is 4.39. The summed E-state index contributed by atoms with van der Waals surface area (Å²) in [6.45, 7) is 2.56. The molecule has 6 heteroatoms. The second-order valence-corrected chi connectivity index (χ2v) is 5.96. The second kappa shape index (κ2) is 4.61. The molecule has 108 valence electrons. The molecule has 1 aliphatic carbocycles. The summed E-state index contributed by atoms with van der Waals surface area (Å²) >= 11 is 0. The van der Waals surface area contributed by atoms with E-state index in [2.05, 4.69) is 10.3 Å². The summed E-state index contributed by atoms with van der Waals surface area (Å²) in [6.07, 6.45) is 6.34. The van der Waals surface area contributed by atoms with Gasteiger partial charge in [0, 0.05) is 32.4 Å². The zero-order valence-electron chi connectivity index (χ0n) is 11.9. The van der Waals surface area contributed by atoms with E-state index in [1.54, 1.807) is 11.1 Å². The average molecular weight is 276 g/mol. The van der Waals surface area contributed by atoms with Gasteiger partial charge in [-0.2, -0.15) is 0 Å². The Morgan fingerprint density at radius 1 is 1.45 bits per heavy atom. The number of nitrogens with zero attached hydrogens (tertiary/aromatic N) is 3. The van der Waals surface area contributed by atoms with Crippen LogP contribution in [0.1, 0.15) is 25.6 Å². The summed E-state index contributed by atoms with van der Waals surface area (Å²) in [7, 11) is 1.93. The zero-order chi connectivity index (χ0) is 14.3. The predicted molar refractivity (Wildman–Crippen MR) is 72.8 cm³/mol. The van der Waals surface area contributed by atoms with Gasteiger partial charge in [0.2, 0.25) is 11.8 Å². The minimum atomic E-state index is -0.697. The number of imidazole rings is 1. The molecular formula is C14H20N4O2. The highest BCUT2D eigenvalue weighted by Gasteiger charge is 2.52. The van der Waals surface area contributed by atoms with Crippen LogP contribution in [0.25, 0.3) is 0 Å². The molecule has 1 aliphatic heterocycles. The molecule has 20 heavy (non-hydrogen) atoms. The van der Waals surface area contributed by atoms with Crippen LogP contribution in [0.3, 0.4) is 0 Å². The molecule has 1 atom stereocenters. The molecule has 1 unspecified atom stereocenters. The number of aryl methyl sites for hydroxylation is 1. The van der Waals surface area contributed by atoms with Crippen LogP contribution in [0.4, 0.5) is 0 Å². The number of hydrogen-bond donors (Lipinski definition) is 1. The summed E-state index contributed by atoms with van der Waals surface area (Å²) in [4.78, 5) is 30.4. The summed E-state index contributed by atoms with van der Waals surface area (Å²) in [5, 5.41) is 2.89. The van der Waals surface area contributed by atoms with Crippen molar-refractivity contribution >= 4 is 11.8 Å². The van der Waals surface area contributed by atoms with Crippen LogP contribution in [0, 0.1) is 5.92 Å². The molecule has 2 heterocycles. The Hall–Kier alpha value is -1.85. The van der Waals surface area contributed by atoms with Crippen molar-refractivity contribution in [3.8, 4) is 0 Å². The van der Waals surface area contributed by atoms with Crippen LogP contribution in [-0.2, 0) is 23.1 Å². The van der Waals surface area contributed by atoms with Crippen molar-refractivity contribution < 1.29 is 9.59 Å². The highest BCUT2D eigenvalue weighted by Crippen LogP contribution is 2.41. The highest BCUT2D eigenvalue weighted by atomic mass is 16.2. The maximum absolute atomic E-state index is 12.6. The van der Waals surface area contributed by atoms with Crippen molar-refractivity contribution in [3.63, 3.8) is 0 Å². The Bertz CT molecular complexity index is 549. The van der Waals surface area contributed by atoms with Gasteiger partial charge in [0.15, 0.2) is 0 Å². The van der Waals surface area contributed by atoms with Crippen LogP contribution in [0.5, 0.6) is 0 Å². The minimum absolute atomic E-state index is 0.0498. The van der Waals surface area contributed by atoms with Gasteiger partial charge in [-0.15, -0.1) is 0 Å². The largest absolute Gasteiger partial charge is 0.340 e. The molecule has 2 amide bonds. The monoisotopic (exact) mass is 276 g/mol.